The molecule has 0 radical (unpaired) electrons. The highest BCUT2D eigenvalue weighted by molar-refractivity contribution is 9.10. The Labute approximate surface area is 73.9 Å². The molecule has 0 unspecified atom stereocenters. The first-order chi connectivity index (χ1) is 5.29. The van der Waals surface area contributed by atoms with Gasteiger partial charge in [-0.15, -0.1) is 0 Å². The van der Waals surface area contributed by atoms with Gasteiger partial charge in [-0.1, -0.05) is 6.07 Å². The second kappa shape index (κ2) is 2.57. The average Bonchev–Trinajstić information content (AvgIpc) is 2.68. The quantitative estimate of drug-likeness (QED) is 0.720. The summed E-state index contributed by atoms with van der Waals surface area (Å²) in [5, 5.41) is 0. The van der Waals surface area contributed by atoms with Gasteiger partial charge in [0.25, 0.3) is 0 Å². The van der Waals surface area contributed by atoms with Crippen LogP contribution in [0.15, 0.2) is 22.9 Å². The number of aromatic nitrogens is 1. The highest BCUT2D eigenvalue weighted by Gasteiger charge is 2.36. The fourth-order valence-electron chi connectivity index (χ4n) is 1.25. The first kappa shape index (κ1) is 7.25. The lowest BCUT2D eigenvalue weighted by Crippen LogP contribution is -2.01. The highest BCUT2D eigenvalue weighted by atomic mass is 79.9. The summed E-state index contributed by atoms with van der Waals surface area (Å²) in [7, 11) is 0. The van der Waals surface area contributed by atoms with Crippen LogP contribution in [0.4, 0.5) is 0 Å². The van der Waals surface area contributed by atoms with Gasteiger partial charge in [0.2, 0.25) is 0 Å². The summed E-state index contributed by atoms with van der Waals surface area (Å²) < 4.78 is 0.943. The molecule has 1 fully saturated rings. The molecule has 0 aromatic carbocycles. The maximum Gasteiger partial charge on any atom is 0.109 e. The van der Waals surface area contributed by atoms with Gasteiger partial charge in [-0.05, 0) is 34.0 Å². The largest absolute Gasteiger partial charge is 0.327 e. The summed E-state index contributed by atoms with van der Waals surface area (Å²) in [4.78, 5) is 4.14. The van der Waals surface area contributed by atoms with Crippen molar-refractivity contribution in [3.63, 3.8) is 0 Å². The molecular formula is C8H9BrN2. The maximum absolute atomic E-state index is 5.72. The first-order valence-corrected chi connectivity index (χ1v) is 4.44. The topological polar surface area (TPSA) is 38.9 Å². The molecule has 3 heteroatoms. The van der Waals surface area contributed by atoms with Crippen molar-refractivity contribution in [2.45, 2.75) is 18.4 Å². The van der Waals surface area contributed by atoms with Gasteiger partial charge in [-0.25, -0.2) is 4.98 Å². The molecule has 11 heavy (non-hydrogen) atoms. The number of hydrogen-bond donors (Lipinski definition) is 1. The second-order valence-corrected chi connectivity index (χ2v) is 3.64. The van der Waals surface area contributed by atoms with E-state index in [1.807, 2.05) is 6.07 Å². The van der Waals surface area contributed by atoms with Crippen molar-refractivity contribution in [3.8, 4) is 0 Å². The summed E-state index contributed by atoms with van der Waals surface area (Å²) in [6.45, 7) is 0. The molecule has 0 spiro atoms. The number of halogens is 1. The van der Waals surface area contributed by atoms with Gasteiger partial charge >= 0.3 is 0 Å². The van der Waals surface area contributed by atoms with Gasteiger partial charge in [-0.3, -0.25) is 0 Å². The number of nitrogens with zero attached hydrogens (tertiary/aromatic N) is 1. The lowest BCUT2D eigenvalue weighted by atomic mass is 10.2. The summed E-state index contributed by atoms with van der Waals surface area (Å²) in [5.74, 6) is 0.540. The minimum Gasteiger partial charge on any atom is -0.327 e. The van der Waals surface area contributed by atoms with E-state index in [1.165, 1.54) is 5.56 Å². The monoisotopic (exact) mass is 212 g/mol. The lowest BCUT2D eigenvalue weighted by Gasteiger charge is -1.99. The highest BCUT2D eigenvalue weighted by Crippen LogP contribution is 2.41. The molecule has 1 aliphatic carbocycles. The van der Waals surface area contributed by atoms with Crippen molar-refractivity contribution in [3.05, 3.63) is 28.5 Å². The van der Waals surface area contributed by atoms with Crippen LogP contribution in [-0.2, 0) is 0 Å². The number of pyridine rings is 1. The Balaban J connectivity index is 2.31. The third-order valence-corrected chi connectivity index (χ3v) is 2.69. The molecule has 1 aromatic rings. The van der Waals surface area contributed by atoms with Gasteiger partial charge in [0.15, 0.2) is 0 Å². The molecule has 1 aromatic heterocycles. The zero-order valence-corrected chi connectivity index (χ0v) is 7.58. The molecule has 2 rings (SSSR count). The van der Waals surface area contributed by atoms with E-state index in [-0.39, 0.29) is 0 Å². The lowest BCUT2D eigenvalue weighted by molar-refractivity contribution is 0.971. The minimum absolute atomic E-state index is 0.357. The SMILES string of the molecule is N[C@@H]1C[C@H]1c1cccnc1Br. The second-order valence-electron chi connectivity index (χ2n) is 2.89. The Hall–Kier alpha value is -0.410. The van der Waals surface area contributed by atoms with Crippen LogP contribution in [0, 0.1) is 0 Å². The van der Waals surface area contributed by atoms with E-state index >= 15 is 0 Å². The molecule has 0 saturated heterocycles. The van der Waals surface area contributed by atoms with E-state index in [0.717, 1.165) is 11.0 Å². The predicted molar refractivity (Wildman–Crippen MR) is 47.3 cm³/mol. The maximum atomic E-state index is 5.72. The molecule has 0 bridgehead atoms. The van der Waals surface area contributed by atoms with Crippen molar-refractivity contribution >= 4 is 15.9 Å². The first-order valence-electron chi connectivity index (χ1n) is 3.65. The molecule has 1 saturated carbocycles. The van der Waals surface area contributed by atoms with E-state index in [0.29, 0.717) is 12.0 Å². The van der Waals surface area contributed by atoms with Crippen molar-refractivity contribution in [1.82, 2.24) is 4.98 Å². The summed E-state index contributed by atoms with van der Waals surface area (Å²) in [6.07, 6.45) is 2.88. The van der Waals surface area contributed by atoms with Crippen LogP contribution in [0.25, 0.3) is 0 Å². The van der Waals surface area contributed by atoms with E-state index in [4.69, 9.17) is 5.73 Å². The van der Waals surface area contributed by atoms with Crippen LogP contribution >= 0.6 is 15.9 Å². The normalized spacial score (nSPS) is 28.5. The summed E-state index contributed by atoms with van der Waals surface area (Å²) in [6, 6.07) is 4.38. The van der Waals surface area contributed by atoms with E-state index < -0.39 is 0 Å². The van der Waals surface area contributed by atoms with Crippen molar-refractivity contribution in [2.24, 2.45) is 5.73 Å². The third-order valence-electron chi connectivity index (χ3n) is 2.03. The molecule has 2 nitrogen and oxygen atoms in total. The molecule has 2 N–H and O–H groups in total. The van der Waals surface area contributed by atoms with Crippen LogP contribution in [-0.4, -0.2) is 11.0 Å². The number of hydrogen-bond acceptors (Lipinski definition) is 2. The van der Waals surface area contributed by atoms with Crippen LogP contribution < -0.4 is 5.73 Å². The van der Waals surface area contributed by atoms with Gasteiger partial charge in [-0.2, -0.15) is 0 Å². The smallest absolute Gasteiger partial charge is 0.109 e. The van der Waals surface area contributed by atoms with E-state index in [2.05, 4.69) is 27.0 Å². The van der Waals surface area contributed by atoms with Crippen LogP contribution in [0.2, 0.25) is 0 Å². The standard InChI is InChI=1S/C8H9BrN2/c9-8-5(2-1-3-11-8)6-4-7(6)10/h1-3,6-7H,4,10H2/t6-,7+/m0/s1. The Bertz CT molecular complexity index is 275. The fraction of sp³-hybridized carbons (Fsp3) is 0.375. The van der Waals surface area contributed by atoms with Crippen LogP contribution in [0.1, 0.15) is 17.9 Å². The molecule has 58 valence electrons. The van der Waals surface area contributed by atoms with Crippen molar-refractivity contribution < 1.29 is 0 Å². The van der Waals surface area contributed by atoms with Crippen LogP contribution in [0.5, 0.6) is 0 Å². The van der Waals surface area contributed by atoms with Gasteiger partial charge in [0.1, 0.15) is 4.60 Å². The average molecular weight is 213 g/mol. The minimum atomic E-state index is 0.357. The molecule has 0 amide bonds. The van der Waals surface area contributed by atoms with Gasteiger partial charge < -0.3 is 5.73 Å². The Kier molecular flexibility index (Phi) is 1.69. The zero-order valence-electron chi connectivity index (χ0n) is 6.00. The number of rotatable bonds is 1. The summed E-state index contributed by atoms with van der Waals surface area (Å²) >= 11 is 3.40. The van der Waals surface area contributed by atoms with Crippen molar-refractivity contribution in [1.29, 1.82) is 0 Å². The van der Waals surface area contributed by atoms with E-state index in [1.54, 1.807) is 6.20 Å². The summed E-state index contributed by atoms with van der Waals surface area (Å²) in [5.41, 5.74) is 6.97. The Morgan fingerprint density at radius 2 is 2.36 bits per heavy atom. The molecule has 1 aliphatic rings. The Morgan fingerprint density at radius 3 is 2.91 bits per heavy atom. The van der Waals surface area contributed by atoms with Gasteiger partial charge in [0, 0.05) is 18.2 Å². The van der Waals surface area contributed by atoms with E-state index in [9.17, 15) is 0 Å². The predicted octanol–water partition coefficient (Wildman–Crippen LogP) is 1.66. The Morgan fingerprint density at radius 1 is 1.64 bits per heavy atom. The molecule has 0 aliphatic heterocycles. The van der Waals surface area contributed by atoms with Crippen molar-refractivity contribution in [2.75, 3.05) is 0 Å². The van der Waals surface area contributed by atoms with Crippen LogP contribution in [0.3, 0.4) is 0 Å². The van der Waals surface area contributed by atoms with Gasteiger partial charge in [0.05, 0.1) is 0 Å². The fourth-order valence-corrected chi connectivity index (χ4v) is 1.79. The molecular weight excluding hydrogens is 204 g/mol. The number of nitrogens with two attached hydrogens (primary N) is 1. The third kappa shape index (κ3) is 1.30. The molecule has 2 atom stereocenters. The zero-order chi connectivity index (χ0) is 7.84. The molecule has 1 heterocycles.